The lowest BCUT2D eigenvalue weighted by Gasteiger charge is -2.23. The Balaban J connectivity index is 1.61. The number of benzene rings is 1. The van der Waals surface area contributed by atoms with Crippen molar-refractivity contribution in [2.24, 2.45) is 5.92 Å². The number of nitrogens with one attached hydrogen (secondary N) is 2. The molecule has 1 atom stereocenters. The Bertz CT molecular complexity index is 468. The summed E-state index contributed by atoms with van der Waals surface area (Å²) < 4.78 is 11.2. The van der Waals surface area contributed by atoms with Crippen molar-refractivity contribution in [3.63, 3.8) is 0 Å². The third-order valence-electron chi connectivity index (χ3n) is 3.54. The van der Waals surface area contributed by atoms with Crippen LogP contribution in [-0.4, -0.2) is 38.3 Å². The number of carbonyl (C=O) groups is 1. The van der Waals surface area contributed by atoms with E-state index in [0.717, 1.165) is 18.9 Å². The predicted octanol–water partition coefficient (Wildman–Crippen LogP) is 1.40. The van der Waals surface area contributed by atoms with Crippen LogP contribution in [0.4, 0.5) is 5.69 Å². The smallest absolute Gasteiger partial charge is 0.254 e. The van der Waals surface area contributed by atoms with E-state index in [-0.39, 0.29) is 5.91 Å². The van der Waals surface area contributed by atoms with E-state index in [1.54, 1.807) is 0 Å². The van der Waals surface area contributed by atoms with Gasteiger partial charge in [-0.05, 0) is 30.9 Å². The second kappa shape index (κ2) is 6.24. The minimum atomic E-state index is -0.430. The van der Waals surface area contributed by atoms with Gasteiger partial charge in [-0.2, -0.15) is 0 Å². The Kier molecular flexibility index (Phi) is 4.18. The van der Waals surface area contributed by atoms with Crippen LogP contribution in [0.2, 0.25) is 0 Å². The van der Waals surface area contributed by atoms with Gasteiger partial charge in [-0.15, -0.1) is 0 Å². The first kappa shape index (κ1) is 13.4. The average molecular weight is 276 g/mol. The van der Waals surface area contributed by atoms with Crippen LogP contribution < -0.4 is 15.4 Å². The second-order valence-electron chi connectivity index (χ2n) is 5.30. The molecule has 108 valence electrons. The third-order valence-corrected chi connectivity index (χ3v) is 3.54. The Labute approximate surface area is 118 Å². The zero-order valence-electron chi connectivity index (χ0n) is 11.4. The van der Waals surface area contributed by atoms with Gasteiger partial charge in [0, 0.05) is 13.1 Å². The topological polar surface area (TPSA) is 59.6 Å². The molecule has 1 amide bonds. The molecule has 0 radical (unpaired) electrons. The number of hydrogen-bond acceptors (Lipinski definition) is 4. The largest absolute Gasteiger partial charge is 0.491 e. The van der Waals surface area contributed by atoms with Crippen molar-refractivity contribution in [1.82, 2.24) is 5.32 Å². The van der Waals surface area contributed by atoms with E-state index in [2.05, 4.69) is 10.6 Å². The standard InChI is InChI=1S/C15H20N2O3/c18-15(14-9-16-7-8-19-14)17-12-3-1-2-4-13(12)20-10-11-5-6-11/h1-4,11,14,16H,5-10H2,(H,17,18). The Morgan fingerprint density at radius 1 is 1.40 bits per heavy atom. The van der Waals surface area contributed by atoms with Gasteiger partial charge in [-0.25, -0.2) is 0 Å². The molecular formula is C15H20N2O3. The van der Waals surface area contributed by atoms with Crippen LogP contribution in [0.25, 0.3) is 0 Å². The average Bonchev–Trinajstić information content (AvgIpc) is 3.31. The Morgan fingerprint density at radius 2 is 2.25 bits per heavy atom. The lowest BCUT2D eigenvalue weighted by atomic mass is 10.2. The van der Waals surface area contributed by atoms with Gasteiger partial charge in [0.2, 0.25) is 0 Å². The molecule has 1 aliphatic carbocycles. The van der Waals surface area contributed by atoms with Crippen molar-refractivity contribution in [3.05, 3.63) is 24.3 Å². The second-order valence-corrected chi connectivity index (χ2v) is 5.30. The van der Waals surface area contributed by atoms with E-state index in [0.29, 0.717) is 24.8 Å². The summed E-state index contributed by atoms with van der Waals surface area (Å²) in [6, 6.07) is 7.55. The zero-order valence-corrected chi connectivity index (χ0v) is 11.4. The van der Waals surface area contributed by atoms with Gasteiger partial charge in [0.25, 0.3) is 5.91 Å². The van der Waals surface area contributed by atoms with E-state index >= 15 is 0 Å². The summed E-state index contributed by atoms with van der Waals surface area (Å²) in [5.41, 5.74) is 0.715. The number of hydrogen-bond donors (Lipinski definition) is 2. The minimum absolute atomic E-state index is 0.125. The van der Waals surface area contributed by atoms with Crippen LogP contribution >= 0.6 is 0 Å². The molecule has 1 heterocycles. The highest BCUT2D eigenvalue weighted by Gasteiger charge is 2.24. The van der Waals surface area contributed by atoms with Crippen molar-refractivity contribution in [1.29, 1.82) is 0 Å². The monoisotopic (exact) mass is 276 g/mol. The summed E-state index contributed by atoms with van der Waals surface area (Å²) in [5.74, 6) is 1.29. The van der Waals surface area contributed by atoms with Crippen molar-refractivity contribution in [2.45, 2.75) is 18.9 Å². The van der Waals surface area contributed by atoms with Crippen LogP contribution in [-0.2, 0) is 9.53 Å². The van der Waals surface area contributed by atoms with E-state index in [9.17, 15) is 4.79 Å². The molecule has 1 aromatic carbocycles. The maximum atomic E-state index is 12.1. The first-order chi connectivity index (χ1) is 9.83. The molecule has 3 rings (SSSR count). The van der Waals surface area contributed by atoms with Gasteiger partial charge in [-0.3, -0.25) is 4.79 Å². The third kappa shape index (κ3) is 3.49. The van der Waals surface area contributed by atoms with E-state index in [1.807, 2.05) is 24.3 Å². The summed E-state index contributed by atoms with van der Waals surface area (Å²) in [4.78, 5) is 12.1. The molecule has 1 aromatic rings. The molecule has 2 aliphatic rings. The minimum Gasteiger partial charge on any atom is -0.491 e. The normalized spacial score (nSPS) is 22.3. The molecule has 2 fully saturated rings. The summed E-state index contributed by atoms with van der Waals surface area (Å²) in [7, 11) is 0. The fraction of sp³-hybridized carbons (Fsp3) is 0.533. The molecule has 0 bridgehead atoms. The highest BCUT2D eigenvalue weighted by molar-refractivity contribution is 5.95. The summed E-state index contributed by atoms with van der Waals surface area (Å²) in [6.45, 7) is 2.65. The van der Waals surface area contributed by atoms with Gasteiger partial charge in [-0.1, -0.05) is 12.1 Å². The van der Waals surface area contributed by atoms with Crippen molar-refractivity contribution < 1.29 is 14.3 Å². The molecule has 1 aliphatic heterocycles. The van der Waals surface area contributed by atoms with Crippen LogP contribution in [0.5, 0.6) is 5.75 Å². The number of carbonyl (C=O) groups excluding carboxylic acids is 1. The fourth-order valence-electron chi connectivity index (χ4n) is 2.13. The van der Waals surface area contributed by atoms with Crippen LogP contribution in [0, 0.1) is 5.92 Å². The first-order valence-electron chi connectivity index (χ1n) is 7.18. The zero-order chi connectivity index (χ0) is 13.8. The molecule has 1 unspecified atom stereocenters. The molecular weight excluding hydrogens is 256 g/mol. The van der Waals surface area contributed by atoms with Crippen LogP contribution in [0.3, 0.4) is 0 Å². The number of morpholine rings is 1. The molecule has 0 spiro atoms. The number of para-hydroxylation sites is 2. The Hall–Kier alpha value is -1.59. The number of anilines is 1. The molecule has 0 aromatic heterocycles. The molecule has 5 heteroatoms. The summed E-state index contributed by atoms with van der Waals surface area (Å²) in [6.07, 6.45) is 2.06. The summed E-state index contributed by atoms with van der Waals surface area (Å²) >= 11 is 0. The van der Waals surface area contributed by atoms with Crippen LogP contribution in [0.1, 0.15) is 12.8 Å². The van der Waals surface area contributed by atoms with E-state index in [4.69, 9.17) is 9.47 Å². The molecule has 20 heavy (non-hydrogen) atoms. The van der Waals surface area contributed by atoms with Gasteiger partial charge in [0.1, 0.15) is 11.9 Å². The number of amides is 1. The fourth-order valence-corrected chi connectivity index (χ4v) is 2.13. The lowest BCUT2D eigenvalue weighted by molar-refractivity contribution is -0.128. The summed E-state index contributed by atoms with van der Waals surface area (Å²) in [5, 5.41) is 6.04. The molecule has 1 saturated heterocycles. The number of ether oxygens (including phenoxy) is 2. The molecule has 1 saturated carbocycles. The number of rotatable bonds is 5. The van der Waals surface area contributed by atoms with E-state index in [1.165, 1.54) is 12.8 Å². The first-order valence-corrected chi connectivity index (χ1v) is 7.18. The Morgan fingerprint density at radius 3 is 3.00 bits per heavy atom. The van der Waals surface area contributed by atoms with Gasteiger partial charge < -0.3 is 20.1 Å². The highest BCUT2D eigenvalue weighted by Crippen LogP contribution is 2.31. The lowest BCUT2D eigenvalue weighted by Crippen LogP contribution is -2.45. The van der Waals surface area contributed by atoms with Crippen LogP contribution in [0.15, 0.2) is 24.3 Å². The predicted molar refractivity (Wildman–Crippen MR) is 75.9 cm³/mol. The highest BCUT2D eigenvalue weighted by atomic mass is 16.5. The van der Waals surface area contributed by atoms with Crippen molar-refractivity contribution in [2.75, 3.05) is 31.6 Å². The van der Waals surface area contributed by atoms with E-state index < -0.39 is 6.10 Å². The van der Waals surface area contributed by atoms with Crippen molar-refractivity contribution in [3.8, 4) is 5.75 Å². The quantitative estimate of drug-likeness (QED) is 0.853. The van der Waals surface area contributed by atoms with Gasteiger partial charge in [0.15, 0.2) is 0 Å². The maximum absolute atomic E-state index is 12.1. The molecule has 2 N–H and O–H groups in total. The van der Waals surface area contributed by atoms with Gasteiger partial charge >= 0.3 is 0 Å². The van der Waals surface area contributed by atoms with Gasteiger partial charge in [0.05, 0.1) is 18.9 Å². The molecule has 5 nitrogen and oxygen atoms in total. The SMILES string of the molecule is O=C(Nc1ccccc1OCC1CC1)C1CNCCO1. The van der Waals surface area contributed by atoms with Crippen molar-refractivity contribution >= 4 is 11.6 Å². The maximum Gasteiger partial charge on any atom is 0.254 e.